The molecule has 1 aromatic heterocycles. The number of nitrogens with zero attached hydrogens (tertiary/aromatic N) is 2. The fourth-order valence-corrected chi connectivity index (χ4v) is 1.92. The summed E-state index contributed by atoms with van der Waals surface area (Å²) in [5.41, 5.74) is 0.760. The summed E-state index contributed by atoms with van der Waals surface area (Å²) in [7, 11) is 2.07. The second-order valence-electron chi connectivity index (χ2n) is 4.77. The van der Waals surface area contributed by atoms with Crippen LogP contribution in [0, 0.1) is 0 Å². The number of hydrogen-bond acceptors (Lipinski definition) is 3. The Morgan fingerprint density at radius 1 is 1.24 bits per heavy atom. The van der Waals surface area contributed by atoms with Gasteiger partial charge in [0.1, 0.15) is 0 Å². The number of hydrogen-bond donors (Lipinski definition) is 1. The first kappa shape index (κ1) is 14.1. The topological polar surface area (TPSA) is 36.4 Å². The van der Waals surface area contributed by atoms with E-state index in [-0.39, 0.29) is 0 Å². The van der Waals surface area contributed by atoms with Crippen molar-refractivity contribution < 1.29 is 5.11 Å². The standard InChI is InChI=1S/C14H24N2O/c1-4-14(17,5-2)12-16(3)11-8-13-6-9-15-10-7-13/h6-7,9-10,17H,4-5,8,11-12H2,1-3H3. The van der Waals surface area contributed by atoms with Crippen LogP contribution in [0.4, 0.5) is 0 Å². The molecule has 0 bridgehead atoms. The molecule has 0 radical (unpaired) electrons. The Morgan fingerprint density at radius 3 is 2.35 bits per heavy atom. The first-order valence-electron chi connectivity index (χ1n) is 6.39. The summed E-state index contributed by atoms with van der Waals surface area (Å²) in [5.74, 6) is 0. The summed E-state index contributed by atoms with van der Waals surface area (Å²) in [5, 5.41) is 10.2. The monoisotopic (exact) mass is 236 g/mol. The Balaban J connectivity index is 2.37. The fraction of sp³-hybridized carbons (Fsp3) is 0.643. The van der Waals surface area contributed by atoms with Crippen molar-refractivity contribution in [2.24, 2.45) is 0 Å². The van der Waals surface area contributed by atoms with E-state index in [2.05, 4.69) is 16.9 Å². The first-order valence-corrected chi connectivity index (χ1v) is 6.39. The lowest BCUT2D eigenvalue weighted by molar-refractivity contribution is 0.00335. The minimum absolute atomic E-state index is 0.535. The second kappa shape index (κ2) is 6.72. The predicted octanol–water partition coefficient (Wildman–Crippen LogP) is 2.11. The maximum atomic E-state index is 10.2. The molecular formula is C14H24N2O. The van der Waals surface area contributed by atoms with Gasteiger partial charge in [0.15, 0.2) is 0 Å². The lowest BCUT2D eigenvalue weighted by atomic mass is 9.97. The highest BCUT2D eigenvalue weighted by Gasteiger charge is 2.23. The molecule has 0 spiro atoms. The van der Waals surface area contributed by atoms with E-state index < -0.39 is 5.60 Å². The molecule has 96 valence electrons. The van der Waals surface area contributed by atoms with E-state index in [1.807, 2.05) is 38.4 Å². The highest BCUT2D eigenvalue weighted by atomic mass is 16.3. The summed E-state index contributed by atoms with van der Waals surface area (Å²) in [6.07, 6.45) is 6.27. The average Bonchev–Trinajstić information content (AvgIpc) is 2.37. The van der Waals surface area contributed by atoms with Crippen LogP contribution in [0.5, 0.6) is 0 Å². The maximum Gasteiger partial charge on any atom is 0.0768 e. The highest BCUT2D eigenvalue weighted by Crippen LogP contribution is 2.15. The molecule has 17 heavy (non-hydrogen) atoms. The summed E-state index contributed by atoms with van der Waals surface area (Å²) >= 11 is 0. The SMILES string of the molecule is CCC(O)(CC)CN(C)CCc1ccncc1. The lowest BCUT2D eigenvalue weighted by Gasteiger charge is -2.30. The van der Waals surface area contributed by atoms with Gasteiger partial charge in [0, 0.05) is 25.5 Å². The van der Waals surface area contributed by atoms with Gasteiger partial charge in [0.2, 0.25) is 0 Å². The highest BCUT2D eigenvalue weighted by molar-refractivity contribution is 5.09. The number of likely N-dealkylation sites (N-methyl/N-ethyl adjacent to an activating group) is 1. The van der Waals surface area contributed by atoms with Gasteiger partial charge in [-0.15, -0.1) is 0 Å². The third-order valence-electron chi connectivity index (χ3n) is 3.41. The number of aliphatic hydroxyl groups is 1. The molecule has 0 aromatic carbocycles. The molecule has 0 aliphatic heterocycles. The molecule has 1 N–H and O–H groups in total. The van der Waals surface area contributed by atoms with Gasteiger partial charge in [0.05, 0.1) is 5.60 Å². The molecule has 0 unspecified atom stereocenters. The number of rotatable bonds is 7. The molecule has 1 aromatic rings. The summed E-state index contributed by atoms with van der Waals surface area (Å²) < 4.78 is 0. The van der Waals surface area contributed by atoms with Gasteiger partial charge in [-0.1, -0.05) is 13.8 Å². The fourth-order valence-electron chi connectivity index (χ4n) is 1.92. The van der Waals surface area contributed by atoms with Gasteiger partial charge in [0.25, 0.3) is 0 Å². The van der Waals surface area contributed by atoms with E-state index in [1.54, 1.807) is 0 Å². The van der Waals surface area contributed by atoms with Crippen molar-refractivity contribution in [3.05, 3.63) is 30.1 Å². The Hall–Kier alpha value is -0.930. The van der Waals surface area contributed by atoms with Crippen LogP contribution in [0.15, 0.2) is 24.5 Å². The van der Waals surface area contributed by atoms with Crippen LogP contribution in [0.25, 0.3) is 0 Å². The van der Waals surface area contributed by atoms with Gasteiger partial charge in [-0.3, -0.25) is 4.98 Å². The predicted molar refractivity (Wildman–Crippen MR) is 71.0 cm³/mol. The number of pyridine rings is 1. The lowest BCUT2D eigenvalue weighted by Crippen LogP contribution is -2.41. The smallest absolute Gasteiger partial charge is 0.0768 e. The van der Waals surface area contributed by atoms with Gasteiger partial charge < -0.3 is 10.0 Å². The summed E-state index contributed by atoms with van der Waals surface area (Å²) in [6.45, 7) is 5.79. The zero-order valence-corrected chi connectivity index (χ0v) is 11.2. The van der Waals surface area contributed by atoms with Gasteiger partial charge >= 0.3 is 0 Å². The zero-order valence-electron chi connectivity index (χ0n) is 11.2. The maximum absolute atomic E-state index is 10.2. The van der Waals surface area contributed by atoms with E-state index in [1.165, 1.54) is 5.56 Å². The second-order valence-corrected chi connectivity index (χ2v) is 4.77. The zero-order chi connectivity index (χ0) is 12.7. The molecular weight excluding hydrogens is 212 g/mol. The minimum Gasteiger partial charge on any atom is -0.389 e. The van der Waals surface area contributed by atoms with E-state index in [4.69, 9.17) is 0 Å². The van der Waals surface area contributed by atoms with Gasteiger partial charge in [-0.25, -0.2) is 0 Å². The van der Waals surface area contributed by atoms with Crippen LogP contribution in [0.1, 0.15) is 32.3 Å². The minimum atomic E-state index is -0.535. The van der Waals surface area contributed by atoms with Crippen molar-refractivity contribution >= 4 is 0 Å². The quantitative estimate of drug-likeness (QED) is 0.787. The molecule has 1 heterocycles. The van der Waals surface area contributed by atoms with E-state index in [9.17, 15) is 5.11 Å². The van der Waals surface area contributed by atoms with Crippen molar-refractivity contribution in [3.8, 4) is 0 Å². The average molecular weight is 236 g/mol. The Bertz CT molecular complexity index is 309. The Kier molecular flexibility index (Phi) is 5.59. The Labute approximate surface area is 104 Å². The summed E-state index contributed by atoms with van der Waals surface area (Å²) in [6, 6.07) is 4.08. The molecule has 0 fully saturated rings. The van der Waals surface area contributed by atoms with Crippen molar-refractivity contribution in [2.45, 2.75) is 38.7 Å². The number of aromatic nitrogens is 1. The van der Waals surface area contributed by atoms with Crippen LogP contribution in [-0.4, -0.2) is 40.7 Å². The molecule has 3 heteroatoms. The van der Waals surface area contributed by atoms with Crippen molar-refractivity contribution in [2.75, 3.05) is 20.1 Å². The van der Waals surface area contributed by atoms with Crippen molar-refractivity contribution in [3.63, 3.8) is 0 Å². The van der Waals surface area contributed by atoms with Crippen LogP contribution in [-0.2, 0) is 6.42 Å². The van der Waals surface area contributed by atoms with E-state index >= 15 is 0 Å². The van der Waals surface area contributed by atoms with E-state index in [0.29, 0.717) is 0 Å². The largest absolute Gasteiger partial charge is 0.389 e. The molecule has 0 saturated carbocycles. The van der Waals surface area contributed by atoms with Gasteiger partial charge in [-0.2, -0.15) is 0 Å². The molecule has 1 rings (SSSR count). The van der Waals surface area contributed by atoms with Gasteiger partial charge in [-0.05, 0) is 44.0 Å². The normalized spacial score (nSPS) is 12.1. The third-order valence-corrected chi connectivity index (χ3v) is 3.41. The third kappa shape index (κ3) is 4.84. The molecule has 0 aliphatic rings. The first-order chi connectivity index (χ1) is 8.09. The molecule has 0 atom stereocenters. The van der Waals surface area contributed by atoms with Crippen LogP contribution in [0.3, 0.4) is 0 Å². The molecule has 0 amide bonds. The summed E-state index contributed by atoms with van der Waals surface area (Å²) in [4.78, 5) is 6.21. The van der Waals surface area contributed by atoms with Crippen molar-refractivity contribution in [1.29, 1.82) is 0 Å². The molecule has 0 saturated heterocycles. The van der Waals surface area contributed by atoms with Crippen LogP contribution < -0.4 is 0 Å². The molecule has 0 aliphatic carbocycles. The molecule has 3 nitrogen and oxygen atoms in total. The van der Waals surface area contributed by atoms with E-state index in [0.717, 1.165) is 32.4 Å². The van der Waals surface area contributed by atoms with Crippen LogP contribution in [0.2, 0.25) is 0 Å². The van der Waals surface area contributed by atoms with Crippen LogP contribution >= 0.6 is 0 Å². The van der Waals surface area contributed by atoms with Crippen molar-refractivity contribution in [1.82, 2.24) is 9.88 Å². The Morgan fingerprint density at radius 2 is 1.82 bits per heavy atom.